The van der Waals surface area contributed by atoms with E-state index in [-0.39, 0.29) is 0 Å². The van der Waals surface area contributed by atoms with E-state index in [0.29, 0.717) is 18.6 Å². The molecule has 1 aliphatic carbocycles. The van der Waals surface area contributed by atoms with Gasteiger partial charge < -0.3 is 5.11 Å². The molecule has 3 heteroatoms. The number of aromatic nitrogens is 2. The van der Waals surface area contributed by atoms with Crippen molar-refractivity contribution in [2.75, 3.05) is 6.61 Å². The van der Waals surface area contributed by atoms with Crippen molar-refractivity contribution in [1.29, 1.82) is 0 Å². The molecule has 3 nitrogen and oxygen atoms in total. The quantitative estimate of drug-likeness (QED) is 0.776. The van der Waals surface area contributed by atoms with Crippen LogP contribution in [0.1, 0.15) is 37.6 Å². The predicted molar refractivity (Wildman–Crippen MR) is 55.2 cm³/mol. The molecular weight excluding hydrogens is 176 g/mol. The number of nitrogens with zero attached hydrogens (tertiary/aromatic N) is 2. The lowest BCUT2D eigenvalue weighted by Gasteiger charge is -2.22. The Labute approximate surface area is 84.7 Å². The Bertz CT molecular complexity index is 317. The molecule has 2 rings (SSSR count). The van der Waals surface area contributed by atoms with E-state index < -0.39 is 0 Å². The van der Waals surface area contributed by atoms with Crippen molar-refractivity contribution < 1.29 is 5.11 Å². The lowest BCUT2D eigenvalue weighted by atomic mass is 9.88. The Hall–Kier alpha value is -0.830. The molecule has 1 heterocycles. The summed E-state index contributed by atoms with van der Waals surface area (Å²) in [7, 11) is 0. The molecule has 0 aliphatic heterocycles. The molecule has 1 atom stereocenters. The number of aliphatic hydroxyl groups is 1. The summed E-state index contributed by atoms with van der Waals surface area (Å²) in [5, 5.41) is 13.6. The zero-order valence-corrected chi connectivity index (χ0v) is 8.90. The van der Waals surface area contributed by atoms with Crippen LogP contribution in [0, 0.1) is 5.92 Å². The zero-order chi connectivity index (χ0) is 10.1. The van der Waals surface area contributed by atoms with Crippen LogP contribution >= 0.6 is 0 Å². The van der Waals surface area contributed by atoms with Crippen LogP contribution in [-0.4, -0.2) is 21.5 Å². The largest absolute Gasteiger partial charge is 0.396 e. The van der Waals surface area contributed by atoms with Gasteiger partial charge in [0.05, 0.1) is 6.20 Å². The number of aryl methyl sites for hydroxylation is 1. The van der Waals surface area contributed by atoms with Gasteiger partial charge in [0, 0.05) is 18.3 Å². The molecule has 1 N–H and O–H groups in total. The maximum Gasteiger partial charge on any atom is 0.0524 e. The van der Waals surface area contributed by atoms with Gasteiger partial charge >= 0.3 is 0 Å². The molecule has 0 spiro atoms. The van der Waals surface area contributed by atoms with Crippen molar-refractivity contribution in [2.45, 2.75) is 39.2 Å². The molecule has 0 saturated heterocycles. The standard InChI is InChI=1S/C11H18N2O/c1-8(2)13-11-5-9(7-14)3-4-10(11)6-12-13/h6,8-9,14H,3-5,7H2,1-2H3/t9-/m0/s1. The molecule has 78 valence electrons. The molecule has 0 fully saturated rings. The van der Waals surface area contributed by atoms with Gasteiger partial charge in [-0.05, 0) is 44.6 Å². The van der Waals surface area contributed by atoms with Gasteiger partial charge in [-0.1, -0.05) is 0 Å². The minimum absolute atomic E-state index is 0.308. The lowest BCUT2D eigenvalue weighted by molar-refractivity contribution is 0.210. The SMILES string of the molecule is CC(C)n1ncc2c1C[C@@H](CO)CC2. The minimum atomic E-state index is 0.308. The summed E-state index contributed by atoms with van der Waals surface area (Å²) < 4.78 is 2.09. The third kappa shape index (κ3) is 1.57. The monoisotopic (exact) mass is 194 g/mol. The highest BCUT2D eigenvalue weighted by Crippen LogP contribution is 2.26. The number of rotatable bonds is 2. The fraction of sp³-hybridized carbons (Fsp3) is 0.727. The van der Waals surface area contributed by atoms with Crippen LogP contribution in [0.15, 0.2) is 6.20 Å². The van der Waals surface area contributed by atoms with Crippen molar-refractivity contribution in [3.05, 3.63) is 17.5 Å². The summed E-state index contributed by atoms with van der Waals surface area (Å²) in [5.41, 5.74) is 2.72. The molecule has 0 unspecified atom stereocenters. The van der Waals surface area contributed by atoms with Crippen LogP contribution in [0.3, 0.4) is 0 Å². The summed E-state index contributed by atoms with van der Waals surface area (Å²) in [6, 6.07) is 0.427. The van der Waals surface area contributed by atoms with Gasteiger partial charge in [-0.25, -0.2) is 0 Å². The van der Waals surface area contributed by atoms with E-state index in [9.17, 15) is 0 Å². The molecule has 14 heavy (non-hydrogen) atoms. The molecule has 0 aromatic carbocycles. The Morgan fingerprint density at radius 3 is 3.07 bits per heavy atom. The maximum absolute atomic E-state index is 9.15. The average Bonchev–Trinajstić information content (AvgIpc) is 2.59. The molecule has 0 amide bonds. The molecule has 0 saturated carbocycles. The van der Waals surface area contributed by atoms with E-state index in [2.05, 4.69) is 23.6 Å². The molecule has 1 aromatic heterocycles. The molecule has 0 radical (unpaired) electrons. The van der Waals surface area contributed by atoms with Crippen molar-refractivity contribution in [3.63, 3.8) is 0 Å². The van der Waals surface area contributed by atoms with Crippen LogP contribution in [0.4, 0.5) is 0 Å². The first-order chi connectivity index (χ1) is 6.72. The van der Waals surface area contributed by atoms with E-state index in [1.54, 1.807) is 0 Å². The Kier molecular flexibility index (Phi) is 2.59. The van der Waals surface area contributed by atoms with Gasteiger partial charge in [-0.15, -0.1) is 0 Å². The van der Waals surface area contributed by atoms with E-state index in [0.717, 1.165) is 19.3 Å². The van der Waals surface area contributed by atoms with Gasteiger partial charge in [0.2, 0.25) is 0 Å². The topological polar surface area (TPSA) is 38.0 Å². The Balaban J connectivity index is 2.28. The van der Waals surface area contributed by atoms with Crippen LogP contribution < -0.4 is 0 Å². The fourth-order valence-corrected chi connectivity index (χ4v) is 2.19. The summed E-state index contributed by atoms with van der Waals surface area (Å²) in [6.07, 6.45) is 5.16. The first-order valence-corrected chi connectivity index (χ1v) is 5.38. The third-order valence-electron chi connectivity index (χ3n) is 3.04. The summed E-state index contributed by atoms with van der Waals surface area (Å²) in [4.78, 5) is 0. The number of hydrogen-bond acceptors (Lipinski definition) is 2. The fourth-order valence-electron chi connectivity index (χ4n) is 2.19. The zero-order valence-electron chi connectivity index (χ0n) is 8.90. The van der Waals surface area contributed by atoms with Gasteiger partial charge in [0.1, 0.15) is 0 Å². The highest BCUT2D eigenvalue weighted by Gasteiger charge is 2.22. The molecule has 1 aliphatic rings. The predicted octanol–water partition coefficient (Wildman–Crippen LogP) is 1.56. The number of fused-ring (bicyclic) bond motifs is 1. The summed E-state index contributed by atoms with van der Waals surface area (Å²) in [6.45, 7) is 4.61. The van der Waals surface area contributed by atoms with Crippen LogP contribution in [0.5, 0.6) is 0 Å². The van der Waals surface area contributed by atoms with Gasteiger partial charge in [0.25, 0.3) is 0 Å². The van der Waals surface area contributed by atoms with E-state index in [1.165, 1.54) is 11.3 Å². The highest BCUT2D eigenvalue weighted by molar-refractivity contribution is 5.22. The van der Waals surface area contributed by atoms with Gasteiger partial charge in [0.15, 0.2) is 0 Å². The number of aliphatic hydroxyl groups excluding tert-OH is 1. The Morgan fingerprint density at radius 1 is 1.64 bits per heavy atom. The van der Waals surface area contributed by atoms with Gasteiger partial charge in [-0.3, -0.25) is 4.68 Å². The highest BCUT2D eigenvalue weighted by atomic mass is 16.3. The van der Waals surface area contributed by atoms with Gasteiger partial charge in [-0.2, -0.15) is 5.10 Å². The van der Waals surface area contributed by atoms with Crippen molar-refractivity contribution in [2.24, 2.45) is 5.92 Å². The molecular formula is C11H18N2O. The maximum atomic E-state index is 9.15. The first-order valence-electron chi connectivity index (χ1n) is 5.38. The normalized spacial score (nSPS) is 21.3. The van der Waals surface area contributed by atoms with Crippen molar-refractivity contribution in [1.82, 2.24) is 9.78 Å². The molecule has 1 aromatic rings. The average molecular weight is 194 g/mol. The van der Waals surface area contributed by atoms with Crippen LogP contribution in [0.25, 0.3) is 0 Å². The second-order valence-electron chi connectivity index (χ2n) is 4.45. The lowest BCUT2D eigenvalue weighted by Crippen LogP contribution is -2.20. The van der Waals surface area contributed by atoms with Crippen molar-refractivity contribution >= 4 is 0 Å². The van der Waals surface area contributed by atoms with E-state index in [4.69, 9.17) is 5.11 Å². The Morgan fingerprint density at radius 2 is 2.43 bits per heavy atom. The second kappa shape index (κ2) is 3.73. The summed E-state index contributed by atoms with van der Waals surface area (Å²) in [5.74, 6) is 0.441. The minimum Gasteiger partial charge on any atom is -0.396 e. The number of hydrogen-bond donors (Lipinski definition) is 1. The van der Waals surface area contributed by atoms with E-state index in [1.807, 2.05) is 6.20 Å². The van der Waals surface area contributed by atoms with Crippen LogP contribution in [-0.2, 0) is 12.8 Å². The third-order valence-corrected chi connectivity index (χ3v) is 3.04. The van der Waals surface area contributed by atoms with Crippen molar-refractivity contribution in [3.8, 4) is 0 Å². The summed E-state index contributed by atoms with van der Waals surface area (Å²) >= 11 is 0. The second-order valence-corrected chi connectivity index (χ2v) is 4.45. The van der Waals surface area contributed by atoms with Crippen LogP contribution in [0.2, 0.25) is 0 Å². The smallest absolute Gasteiger partial charge is 0.0524 e. The first kappa shape index (κ1) is 9.71. The molecule has 0 bridgehead atoms. The van der Waals surface area contributed by atoms with E-state index >= 15 is 0 Å².